The molecule has 0 aliphatic rings. The van der Waals surface area contributed by atoms with Gasteiger partial charge in [0.1, 0.15) is 11.6 Å². The first-order valence-electron chi connectivity index (χ1n) is 10.2. The standard InChI is InChI=1S/C23H25N7O/c1-16(31)6-5-10-24-23-20(21-9-11-29(2)28-21)14-25-22(27-23)18-8-4-7-17(12-18)19-13-26-30(3)15-19/h4,7-9,11-15H,5-6,10H2,1-3H3,(H,24,25,27). The lowest BCUT2D eigenvalue weighted by atomic mass is 10.1. The van der Waals surface area contributed by atoms with Gasteiger partial charge in [-0.1, -0.05) is 18.2 Å². The number of Topliss-reactive ketones (excluding diaryl/α,β-unsaturated/α-hetero) is 1. The molecule has 1 aromatic carbocycles. The van der Waals surface area contributed by atoms with E-state index in [1.165, 1.54) is 0 Å². The monoisotopic (exact) mass is 415 g/mol. The maximum atomic E-state index is 11.3. The molecule has 0 unspecified atom stereocenters. The summed E-state index contributed by atoms with van der Waals surface area (Å²) >= 11 is 0. The van der Waals surface area contributed by atoms with Gasteiger partial charge in [-0.15, -0.1) is 0 Å². The first kappa shape index (κ1) is 20.5. The second kappa shape index (κ2) is 8.91. The van der Waals surface area contributed by atoms with E-state index < -0.39 is 0 Å². The molecule has 4 rings (SSSR count). The summed E-state index contributed by atoms with van der Waals surface area (Å²) in [6, 6.07) is 10.0. The molecule has 0 bridgehead atoms. The van der Waals surface area contributed by atoms with Crippen molar-refractivity contribution in [2.75, 3.05) is 11.9 Å². The Morgan fingerprint density at radius 2 is 1.90 bits per heavy atom. The lowest BCUT2D eigenvalue weighted by Gasteiger charge is -2.11. The quantitative estimate of drug-likeness (QED) is 0.441. The minimum absolute atomic E-state index is 0.183. The number of nitrogens with one attached hydrogen (secondary N) is 1. The normalized spacial score (nSPS) is 10.9. The molecule has 1 N–H and O–H groups in total. The Labute approximate surface area is 181 Å². The van der Waals surface area contributed by atoms with Crippen molar-refractivity contribution in [3.05, 3.63) is 55.1 Å². The third-order valence-electron chi connectivity index (χ3n) is 4.94. The molecule has 0 amide bonds. The number of benzene rings is 1. The van der Waals surface area contributed by atoms with Crippen LogP contribution < -0.4 is 5.32 Å². The molecule has 0 fully saturated rings. The van der Waals surface area contributed by atoms with Gasteiger partial charge in [0, 0.05) is 56.8 Å². The predicted octanol–water partition coefficient (Wildman–Crippen LogP) is 3.73. The van der Waals surface area contributed by atoms with Gasteiger partial charge in [0.15, 0.2) is 5.82 Å². The van der Waals surface area contributed by atoms with Gasteiger partial charge in [-0.25, -0.2) is 9.97 Å². The number of rotatable bonds is 8. The van der Waals surface area contributed by atoms with Crippen molar-refractivity contribution in [2.24, 2.45) is 14.1 Å². The lowest BCUT2D eigenvalue weighted by molar-refractivity contribution is -0.117. The highest BCUT2D eigenvalue weighted by molar-refractivity contribution is 5.76. The second-order valence-electron chi connectivity index (χ2n) is 7.55. The summed E-state index contributed by atoms with van der Waals surface area (Å²) < 4.78 is 3.53. The highest BCUT2D eigenvalue weighted by Gasteiger charge is 2.13. The molecule has 0 radical (unpaired) electrons. The molecule has 31 heavy (non-hydrogen) atoms. The molecular weight excluding hydrogens is 390 g/mol. The van der Waals surface area contributed by atoms with Crippen molar-refractivity contribution in [2.45, 2.75) is 19.8 Å². The Bertz CT molecular complexity index is 1210. The molecule has 0 saturated heterocycles. The summed E-state index contributed by atoms with van der Waals surface area (Å²) in [7, 11) is 3.78. The summed E-state index contributed by atoms with van der Waals surface area (Å²) in [5, 5.41) is 12.1. The van der Waals surface area contributed by atoms with Crippen molar-refractivity contribution in [3.8, 4) is 33.8 Å². The largest absolute Gasteiger partial charge is 0.369 e. The van der Waals surface area contributed by atoms with Crippen molar-refractivity contribution >= 4 is 11.6 Å². The molecular formula is C23H25N7O. The van der Waals surface area contributed by atoms with E-state index in [0.717, 1.165) is 34.4 Å². The fourth-order valence-electron chi connectivity index (χ4n) is 3.35. The number of aryl methyl sites for hydroxylation is 2. The van der Waals surface area contributed by atoms with Gasteiger partial charge in [-0.3, -0.25) is 9.36 Å². The van der Waals surface area contributed by atoms with Gasteiger partial charge in [-0.05, 0) is 31.0 Å². The highest BCUT2D eigenvalue weighted by Crippen LogP contribution is 2.29. The van der Waals surface area contributed by atoms with E-state index in [4.69, 9.17) is 4.98 Å². The summed E-state index contributed by atoms with van der Waals surface area (Å²) in [5.41, 5.74) is 4.64. The van der Waals surface area contributed by atoms with Gasteiger partial charge in [0.05, 0.1) is 17.5 Å². The third kappa shape index (κ3) is 4.85. The van der Waals surface area contributed by atoms with Crippen LogP contribution in [0.15, 0.2) is 55.1 Å². The second-order valence-corrected chi connectivity index (χ2v) is 7.55. The van der Waals surface area contributed by atoms with Gasteiger partial charge in [-0.2, -0.15) is 10.2 Å². The van der Waals surface area contributed by atoms with Crippen molar-refractivity contribution < 1.29 is 4.79 Å². The smallest absolute Gasteiger partial charge is 0.161 e. The van der Waals surface area contributed by atoms with Crippen molar-refractivity contribution in [1.82, 2.24) is 29.5 Å². The van der Waals surface area contributed by atoms with Crippen molar-refractivity contribution in [3.63, 3.8) is 0 Å². The average Bonchev–Trinajstić information content (AvgIpc) is 3.39. The van der Waals surface area contributed by atoms with E-state index >= 15 is 0 Å². The Hall–Kier alpha value is -3.81. The minimum atomic E-state index is 0.183. The number of carbonyl (C=O) groups excluding carboxylic acids is 1. The lowest BCUT2D eigenvalue weighted by Crippen LogP contribution is -2.08. The topological polar surface area (TPSA) is 90.5 Å². The fourth-order valence-corrected chi connectivity index (χ4v) is 3.35. The van der Waals surface area contributed by atoms with Gasteiger partial charge < -0.3 is 10.1 Å². The van der Waals surface area contributed by atoms with Crippen LogP contribution in [0.5, 0.6) is 0 Å². The third-order valence-corrected chi connectivity index (χ3v) is 4.94. The van der Waals surface area contributed by atoms with Gasteiger partial charge in [0.25, 0.3) is 0 Å². The minimum Gasteiger partial charge on any atom is -0.369 e. The first-order chi connectivity index (χ1) is 15.0. The molecule has 158 valence electrons. The van der Waals surface area contributed by atoms with E-state index in [9.17, 15) is 4.79 Å². The van der Waals surface area contributed by atoms with Crippen LogP contribution in [0.2, 0.25) is 0 Å². The number of aromatic nitrogens is 6. The van der Waals surface area contributed by atoms with E-state index in [1.54, 1.807) is 22.5 Å². The zero-order valence-electron chi connectivity index (χ0n) is 17.9. The molecule has 0 aliphatic carbocycles. The van der Waals surface area contributed by atoms with Crippen LogP contribution in [0, 0.1) is 0 Å². The summed E-state index contributed by atoms with van der Waals surface area (Å²) in [4.78, 5) is 20.7. The van der Waals surface area contributed by atoms with Crippen LogP contribution in [0.1, 0.15) is 19.8 Å². The average molecular weight is 416 g/mol. The first-order valence-corrected chi connectivity index (χ1v) is 10.2. The Kier molecular flexibility index (Phi) is 5.88. The number of ketones is 1. The van der Waals surface area contributed by atoms with Crippen LogP contribution in [0.25, 0.3) is 33.8 Å². The van der Waals surface area contributed by atoms with Crippen molar-refractivity contribution in [1.29, 1.82) is 0 Å². The van der Waals surface area contributed by atoms with Gasteiger partial charge in [0.2, 0.25) is 0 Å². The highest BCUT2D eigenvalue weighted by atomic mass is 16.1. The predicted molar refractivity (Wildman–Crippen MR) is 120 cm³/mol. The zero-order chi connectivity index (χ0) is 21.8. The SMILES string of the molecule is CC(=O)CCCNc1nc(-c2cccc(-c3cnn(C)c3)c2)ncc1-c1ccn(C)n1. The summed E-state index contributed by atoms with van der Waals surface area (Å²) in [6.45, 7) is 2.25. The molecule has 0 spiro atoms. The Morgan fingerprint density at radius 1 is 1.06 bits per heavy atom. The molecule has 0 aliphatic heterocycles. The van der Waals surface area contributed by atoms with E-state index in [2.05, 4.69) is 26.6 Å². The molecule has 0 saturated carbocycles. The maximum absolute atomic E-state index is 11.3. The number of carbonyl (C=O) groups is 1. The molecule has 0 atom stereocenters. The van der Waals surface area contributed by atoms with Crippen LogP contribution in [0.3, 0.4) is 0 Å². The molecule has 3 heterocycles. The molecule has 3 aromatic heterocycles. The van der Waals surface area contributed by atoms with E-state index in [0.29, 0.717) is 24.6 Å². The molecule has 8 nitrogen and oxygen atoms in total. The van der Waals surface area contributed by atoms with Crippen LogP contribution in [-0.4, -0.2) is 41.9 Å². The van der Waals surface area contributed by atoms with Crippen LogP contribution in [0.4, 0.5) is 5.82 Å². The number of nitrogens with zero attached hydrogens (tertiary/aromatic N) is 6. The molecule has 8 heteroatoms. The van der Waals surface area contributed by atoms with Crippen LogP contribution >= 0.6 is 0 Å². The molecule has 4 aromatic rings. The van der Waals surface area contributed by atoms with E-state index in [-0.39, 0.29) is 5.78 Å². The maximum Gasteiger partial charge on any atom is 0.161 e. The summed E-state index contributed by atoms with van der Waals surface area (Å²) in [6.07, 6.45) is 8.79. The Balaban J connectivity index is 1.67. The zero-order valence-corrected chi connectivity index (χ0v) is 17.9. The number of hydrogen-bond acceptors (Lipinski definition) is 6. The Morgan fingerprint density at radius 3 is 2.61 bits per heavy atom. The van der Waals surface area contributed by atoms with E-state index in [1.807, 2.05) is 57.0 Å². The summed E-state index contributed by atoms with van der Waals surface area (Å²) in [5.74, 6) is 1.51. The number of hydrogen-bond donors (Lipinski definition) is 1. The van der Waals surface area contributed by atoms with Crippen LogP contribution in [-0.2, 0) is 18.9 Å². The number of anilines is 1. The fraction of sp³-hybridized carbons (Fsp3) is 0.261. The van der Waals surface area contributed by atoms with Gasteiger partial charge >= 0.3 is 0 Å².